The molecule has 1 aromatic heterocycles. The molecule has 0 saturated carbocycles. The first-order valence-corrected chi connectivity index (χ1v) is 4.47. The lowest BCUT2D eigenvalue weighted by Gasteiger charge is -2.07. The van der Waals surface area contributed by atoms with Crippen molar-refractivity contribution in [1.29, 1.82) is 5.26 Å². The van der Waals surface area contributed by atoms with Crippen LogP contribution in [0, 0.1) is 11.3 Å². The Morgan fingerprint density at radius 3 is 3.07 bits per heavy atom. The van der Waals surface area contributed by atoms with Gasteiger partial charge in [0.2, 0.25) is 0 Å². The molecule has 1 N–H and O–H groups in total. The molecule has 1 unspecified atom stereocenters. The second-order valence-electron chi connectivity index (χ2n) is 3.28. The highest BCUT2D eigenvalue weighted by molar-refractivity contribution is 5.85. The van der Waals surface area contributed by atoms with Crippen LogP contribution in [-0.4, -0.2) is 18.1 Å². The standard InChI is InChI=1S/C10H11N3.ClH/c11-6-10-5-8(2-4-13-10)9-1-3-12-7-9;/h2,4-5,9,12H,1,3,7H2;1H. The Hall–Kier alpha value is -1.11. The van der Waals surface area contributed by atoms with E-state index in [1.807, 2.05) is 12.1 Å². The van der Waals surface area contributed by atoms with E-state index in [4.69, 9.17) is 5.26 Å². The van der Waals surface area contributed by atoms with Crippen LogP contribution >= 0.6 is 12.4 Å². The molecule has 4 heteroatoms. The molecule has 0 aromatic carbocycles. The van der Waals surface area contributed by atoms with E-state index in [-0.39, 0.29) is 12.4 Å². The van der Waals surface area contributed by atoms with Gasteiger partial charge in [-0.2, -0.15) is 5.26 Å². The van der Waals surface area contributed by atoms with E-state index in [0.29, 0.717) is 11.6 Å². The van der Waals surface area contributed by atoms with Gasteiger partial charge in [-0.05, 0) is 36.6 Å². The molecule has 2 rings (SSSR count). The molecule has 1 aliphatic rings. The predicted octanol–water partition coefficient (Wildman–Crippen LogP) is 1.45. The SMILES string of the molecule is Cl.N#Cc1cc(C2CCNC2)ccn1. The fraction of sp³-hybridized carbons (Fsp3) is 0.400. The number of hydrogen-bond donors (Lipinski definition) is 1. The summed E-state index contributed by atoms with van der Waals surface area (Å²) in [4.78, 5) is 3.95. The van der Waals surface area contributed by atoms with E-state index in [1.54, 1.807) is 6.20 Å². The molecular formula is C10H12ClN3. The highest BCUT2D eigenvalue weighted by atomic mass is 35.5. The average Bonchev–Trinajstić information content (AvgIpc) is 2.71. The first-order valence-electron chi connectivity index (χ1n) is 4.47. The van der Waals surface area contributed by atoms with Crippen LogP contribution < -0.4 is 5.32 Å². The highest BCUT2D eigenvalue weighted by Crippen LogP contribution is 2.21. The van der Waals surface area contributed by atoms with E-state index in [2.05, 4.69) is 16.4 Å². The van der Waals surface area contributed by atoms with E-state index < -0.39 is 0 Å². The Morgan fingerprint density at radius 1 is 1.57 bits per heavy atom. The Kier molecular flexibility index (Phi) is 3.87. The van der Waals surface area contributed by atoms with Gasteiger partial charge in [0, 0.05) is 12.7 Å². The summed E-state index contributed by atoms with van der Waals surface area (Å²) in [5.41, 5.74) is 1.75. The molecule has 14 heavy (non-hydrogen) atoms. The molecule has 1 atom stereocenters. The summed E-state index contributed by atoms with van der Waals surface area (Å²) in [5.74, 6) is 0.565. The highest BCUT2D eigenvalue weighted by Gasteiger charge is 2.16. The summed E-state index contributed by atoms with van der Waals surface area (Å²) in [5, 5.41) is 12.0. The molecular weight excluding hydrogens is 198 g/mol. The van der Waals surface area contributed by atoms with Crippen LogP contribution in [-0.2, 0) is 0 Å². The van der Waals surface area contributed by atoms with Crippen molar-refractivity contribution in [2.24, 2.45) is 0 Å². The summed E-state index contributed by atoms with van der Waals surface area (Å²) in [7, 11) is 0. The number of nitrogens with zero attached hydrogens (tertiary/aromatic N) is 2. The zero-order valence-corrected chi connectivity index (χ0v) is 8.55. The normalized spacial score (nSPS) is 19.8. The lowest BCUT2D eigenvalue weighted by atomic mass is 9.99. The van der Waals surface area contributed by atoms with Crippen LogP contribution in [0.2, 0.25) is 0 Å². The maximum absolute atomic E-state index is 8.68. The lowest BCUT2D eigenvalue weighted by Crippen LogP contribution is -2.08. The van der Waals surface area contributed by atoms with Gasteiger partial charge in [-0.15, -0.1) is 12.4 Å². The molecule has 1 fully saturated rings. The maximum Gasteiger partial charge on any atom is 0.140 e. The van der Waals surface area contributed by atoms with Gasteiger partial charge in [-0.25, -0.2) is 4.98 Å². The quantitative estimate of drug-likeness (QED) is 0.762. The van der Waals surface area contributed by atoms with Gasteiger partial charge < -0.3 is 5.32 Å². The summed E-state index contributed by atoms with van der Waals surface area (Å²) in [6.45, 7) is 2.10. The van der Waals surface area contributed by atoms with Gasteiger partial charge in [0.05, 0.1) is 0 Å². The Labute approximate surface area is 89.6 Å². The lowest BCUT2D eigenvalue weighted by molar-refractivity contribution is 0.761. The minimum atomic E-state index is 0. The third kappa shape index (κ3) is 2.22. The number of halogens is 1. The topological polar surface area (TPSA) is 48.7 Å². The second kappa shape index (κ2) is 4.94. The summed E-state index contributed by atoms with van der Waals surface area (Å²) in [6, 6.07) is 5.94. The number of pyridine rings is 1. The number of rotatable bonds is 1. The van der Waals surface area contributed by atoms with Crippen LogP contribution in [0.15, 0.2) is 18.3 Å². The van der Waals surface area contributed by atoms with Crippen molar-refractivity contribution in [3.05, 3.63) is 29.6 Å². The second-order valence-corrected chi connectivity index (χ2v) is 3.28. The van der Waals surface area contributed by atoms with Crippen molar-refractivity contribution in [3.8, 4) is 6.07 Å². The van der Waals surface area contributed by atoms with Crippen molar-refractivity contribution in [3.63, 3.8) is 0 Å². The molecule has 0 bridgehead atoms. The number of aromatic nitrogens is 1. The molecule has 1 aliphatic heterocycles. The van der Waals surface area contributed by atoms with Crippen LogP contribution in [0.25, 0.3) is 0 Å². The summed E-state index contributed by atoms with van der Waals surface area (Å²) >= 11 is 0. The molecule has 0 radical (unpaired) electrons. The first-order chi connectivity index (χ1) is 6.40. The van der Waals surface area contributed by atoms with Crippen LogP contribution in [0.3, 0.4) is 0 Å². The number of hydrogen-bond acceptors (Lipinski definition) is 3. The van der Waals surface area contributed by atoms with Crippen molar-refractivity contribution in [2.45, 2.75) is 12.3 Å². The third-order valence-corrected chi connectivity index (χ3v) is 2.43. The van der Waals surface area contributed by atoms with Crippen LogP contribution in [0.1, 0.15) is 23.6 Å². The summed E-state index contributed by atoms with van der Waals surface area (Å²) in [6.07, 6.45) is 2.88. The zero-order valence-electron chi connectivity index (χ0n) is 7.73. The minimum absolute atomic E-state index is 0. The molecule has 0 aliphatic carbocycles. The fourth-order valence-corrected chi connectivity index (χ4v) is 1.70. The van der Waals surface area contributed by atoms with Crippen LogP contribution in [0.4, 0.5) is 0 Å². The van der Waals surface area contributed by atoms with E-state index >= 15 is 0 Å². The predicted molar refractivity (Wildman–Crippen MR) is 56.4 cm³/mol. The molecule has 1 aromatic rings. The fourth-order valence-electron chi connectivity index (χ4n) is 1.70. The molecule has 3 nitrogen and oxygen atoms in total. The number of nitriles is 1. The largest absolute Gasteiger partial charge is 0.316 e. The van der Waals surface area contributed by atoms with Gasteiger partial charge in [0.1, 0.15) is 11.8 Å². The van der Waals surface area contributed by atoms with Crippen molar-refractivity contribution < 1.29 is 0 Å². The van der Waals surface area contributed by atoms with E-state index in [9.17, 15) is 0 Å². The van der Waals surface area contributed by atoms with Gasteiger partial charge in [-0.3, -0.25) is 0 Å². The monoisotopic (exact) mass is 209 g/mol. The van der Waals surface area contributed by atoms with Gasteiger partial charge in [0.15, 0.2) is 0 Å². The number of nitrogens with one attached hydrogen (secondary N) is 1. The molecule has 0 amide bonds. The smallest absolute Gasteiger partial charge is 0.140 e. The average molecular weight is 210 g/mol. The van der Waals surface area contributed by atoms with E-state index in [1.165, 1.54) is 5.56 Å². The summed E-state index contributed by atoms with van der Waals surface area (Å²) < 4.78 is 0. The molecule has 2 heterocycles. The molecule has 0 spiro atoms. The Morgan fingerprint density at radius 2 is 2.43 bits per heavy atom. The minimum Gasteiger partial charge on any atom is -0.316 e. The third-order valence-electron chi connectivity index (χ3n) is 2.43. The van der Waals surface area contributed by atoms with Crippen LogP contribution in [0.5, 0.6) is 0 Å². The molecule has 74 valence electrons. The maximum atomic E-state index is 8.68. The van der Waals surface area contributed by atoms with Crippen molar-refractivity contribution in [2.75, 3.05) is 13.1 Å². The van der Waals surface area contributed by atoms with Crippen molar-refractivity contribution in [1.82, 2.24) is 10.3 Å². The first kappa shape index (κ1) is 11.0. The van der Waals surface area contributed by atoms with Crippen molar-refractivity contribution >= 4 is 12.4 Å². The Balaban J connectivity index is 0.000000980. The zero-order chi connectivity index (χ0) is 9.10. The molecule has 1 saturated heterocycles. The van der Waals surface area contributed by atoms with Gasteiger partial charge in [0.25, 0.3) is 0 Å². The van der Waals surface area contributed by atoms with Gasteiger partial charge in [-0.1, -0.05) is 0 Å². The van der Waals surface area contributed by atoms with Gasteiger partial charge >= 0.3 is 0 Å². The Bertz CT molecular complexity index is 339. The van der Waals surface area contributed by atoms with E-state index in [0.717, 1.165) is 19.5 Å².